The second kappa shape index (κ2) is 7.80. The molecular weight excluding hydrogens is 248 g/mol. The minimum atomic E-state index is -2.55. The number of carbonyl (C=O) groups excluding carboxylic acids is 1. The number of halogens is 2. The van der Waals surface area contributed by atoms with E-state index in [-0.39, 0.29) is 18.9 Å². The normalized spacial score (nSPS) is 15.5. The van der Waals surface area contributed by atoms with E-state index in [1.165, 1.54) is 0 Å². The Morgan fingerprint density at radius 1 is 1.61 bits per heavy atom. The number of oxime groups is 1. The van der Waals surface area contributed by atoms with Crippen LogP contribution in [0.4, 0.5) is 8.78 Å². The molecule has 106 valence electrons. The average molecular weight is 267 g/mol. The summed E-state index contributed by atoms with van der Waals surface area (Å²) in [7, 11) is 0. The highest BCUT2D eigenvalue weighted by Crippen LogP contribution is 2.09. The zero-order valence-electron chi connectivity index (χ0n) is 10.4. The van der Waals surface area contributed by atoms with Gasteiger partial charge in [0.05, 0.1) is 12.1 Å². The van der Waals surface area contributed by atoms with Gasteiger partial charge in [0.15, 0.2) is 5.84 Å². The Labute approximate surface area is 104 Å². The highest BCUT2D eigenvalue weighted by atomic mass is 19.3. The number of amidine groups is 1. The maximum Gasteiger partial charge on any atom is 0.261 e. The third kappa shape index (κ3) is 5.76. The van der Waals surface area contributed by atoms with E-state index in [9.17, 15) is 13.6 Å². The van der Waals surface area contributed by atoms with Crippen molar-refractivity contribution in [2.24, 2.45) is 10.9 Å². The molecule has 1 amide bonds. The van der Waals surface area contributed by atoms with E-state index in [1.54, 1.807) is 13.8 Å². The van der Waals surface area contributed by atoms with Crippen LogP contribution in [0.2, 0.25) is 0 Å². The molecule has 0 spiro atoms. The summed E-state index contributed by atoms with van der Waals surface area (Å²) in [5.41, 5.74) is 4.50. The number of rotatable bonds is 8. The van der Waals surface area contributed by atoms with Gasteiger partial charge in [-0.2, -0.15) is 0 Å². The predicted molar refractivity (Wildman–Crippen MR) is 61.7 cm³/mol. The van der Waals surface area contributed by atoms with Gasteiger partial charge in [-0.3, -0.25) is 4.79 Å². The summed E-state index contributed by atoms with van der Waals surface area (Å²) in [6, 6.07) is 0. The average Bonchev–Trinajstić information content (AvgIpc) is 2.33. The van der Waals surface area contributed by atoms with Gasteiger partial charge in [-0.25, -0.2) is 8.78 Å². The third-order valence-electron chi connectivity index (χ3n) is 2.51. The number of ether oxygens (including phenoxy) is 1. The summed E-state index contributed by atoms with van der Waals surface area (Å²) in [6.45, 7) is 2.55. The van der Waals surface area contributed by atoms with Gasteiger partial charge in [-0.15, -0.1) is 0 Å². The monoisotopic (exact) mass is 267 g/mol. The van der Waals surface area contributed by atoms with Crippen LogP contribution in [0.3, 0.4) is 0 Å². The van der Waals surface area contributed by atoms with E-state index < -0.39 is 24.5 Å². The largest absolute Gasteiger partial charge is 0.409 e. The van der Waals surface area contributed by atoms with Crippen molar-refractivity contribution in [2.45, 2.75) is 38.7 Å². The van der Waals surface area contributed by atoms with Crippen molar-refractivity contribution >= 4 is 11.7 Å². The van der Waals surface area contributed by atoms with Gasteiger partial charge in [0.1, 0.15) is 6.61 Å². The first-order chi connectivity index (χ1) is 8.35. The molecule has 4 N–H and O–H groups in total. The molecule has 6 nitrogen and oxygen atoms in total. The van der Waals surface area contributed by atoms with Crippen LogP contribution in [0.25, 0.3) is 0 Å². The lowest BCUT2D eigenvalue weighted by molar-refractivity contribution is -0.123. The Morgan fingerprint density at radius 3 is 2.67 bits per heavy atom. The minimum Gasteiger partial charge on any atom is -0.409 e. The topological polar surface area (TPSA) is 96.9 Å². The number of hydrogen-bond donors (Lipinski definition) is 3. The number of nitrogens with two attached hydrogens (primary N) is 1. The van der Waals surface area contributed by atoms with Crippen molar-refractivity contribution in [3.63, 3.8) is 0 Å². The molecule has 0 bridgehead atoms. The summed E-state index contributed by atoms with van der Waals surface area (Å²) >= 11 is 0. The molecule has 0 saturated carbocycles. The van der Waals surface area contributed by atoms with Crippen LogP contribution < -0.4 is 11.1 Å². The first-order valence-corrected chi connectivity index (χ1v) is 5.50. The van der Waals surface area contributed by atoms with Crippen molar-refractivity contribution in [2.75, 3.05) is 13.2 Å². The number of carbonyl (C=O) groups is 1. The molecule has 0 radical (unpaired) electrons. The molecule has 18 heavy (non-hydrogen) atoms. The second-order valence-corrected chi connectivity index (χ2v) is 3.94. The van der Waals surface area contributed by atoms with E-state index in [2.05, 4.69) is 15.2 Å². The predicted octanol–water partition coefficient (Wildman–Crippen LogP) is 0.689. The number of alkyl halides is 2. The summed E-state index contributed by atoms with van der Waals surface area (Å²) in [6.07, 6.45) is -2.20. The molecule has 0 aliphatic carbocycles. The van der Waals surface area contributed by atoms with Crippen LogP contribution >= 0.6 is 0 Å². The summed E-state index contributed by atoms with van der Waals surface area (Å²) in [5.74, 6) is -0.535. The van der Waals surface area contributed by atoms with Crippen molar-refractivity contribution in [1.82, 2.24) is 5.32 Å². The third-order valence-corrected chi connectivity index (χ3v) is 2.51. The number of nitrogens with zero attached hydrogens (tertiary/aromatic N) is 1. The molecule has 1 atom stereocenters. The Morgan fingerprint density at radius 2 is 2.22 bits per heavy atom. The Hall–Kier alpha value is -1.44. The molecule has 1 unspecified atom stereocenters. The number of hydrogen-bond acceptors (Lipinski definition) is 4. The van der Waals surface area contributed by atoms with Crippen molar-refractivity contribution < 1.29 is 23.5 Å². The fourth-order valence-corrected chi connectivity index (χ4v) is 1.15. The molecule has 0 saturated heterocycles. The van der Waals surface area contributed by atoms with E-state index in [4.69, 9.17) is 10.9 Å². The van der Waals surface area contributed by atoms with Crippen molar-refractivity contribution in [1.29, 1.82) is 0 Å². The Bertz CT molecular complexity index is 300. The lowest BCUT2D eigenvalue weighted by atomic mass is 9.97. The van der Waals surface area contributed by atoms with E-state index in [0.29, 0.717) is 6.42 Å². The van der Waals surface area contributed by atoms with Crippen LogP contribution in [0.5, 0.6) is 0 Å². The second-order valence-electron chi connectivity index (χ2n) is 3.94. The molecule has 8 heteroatoms. The van der Waals surface area contributed by atoms with E-state index in [0.717, 1.165) is 0 Å². The van der Waals surface area contributed by atoms with Crippen LogP contribution in [0.15, 0.2) is 5.16 Å². The van der Waals surface area contributed by atoms with Gasteiger partial charge < -0.3 is 21.0 Å². The molecule has 0 aromatic heterocycles. The molecular formula is C10H19F2N3O3. The quantitative estimate of drug-likeness (QED) is 0.198. The smallest absolute Gasteiger partial charge is 0.261 e. The molecule has 0 fully saturated rings. The summed E-state index contributed by atoms with van der Waals surface area (Å²) in [4.78, 5) is 11.5. The fraction of sp³-hybridized carbons (Fsp3) is 0.800. The zero-order valence-corrected chi connectivity index (χ0v) is 10.4. The van der Waals surface area contributed by atoms with Crippen molar-refractivity contribution in [3.05, 3.63) is 0 Å². The van der Waals surface area contributed by atoms with Crippen LogP contribution in [0, 0.1) is 0 Å². The highest BCUT2D eigenvalue weighted by Gasteiger charge is 2.29. The van der Waals surface area contributed by atoms with E-state index in [1.807, 2.05) is 0 Å². The van der Waals surface area contributed by atoms with E-state index >= 15 is 0 Å². The maximum absolute atomic E-state index is 11.8. The van der Waals surface area contributed by atoms with Gasteiger partial charge in [0.2, 0.25) is 5.91 Å². The number of amides is 1. The highest BCUT2D eigenvalue weighted by molar-refractivity contribution is 5.93. The number of nitrogens with one attached hydrogen (secondary N) is 1. The summed E-state index contributed by atoms with van der Waals surface area (Å²) in [5, 5.41) is 14.0. The zero-order chi connectivity index (χ0) is 14.2. The molecule has 0 aliphatic rings. The lowest BCUT2D eigenvalue weighted by Crippen LogP contribution is -2.55. The van der Waals surface area contributed by atoms with Crippen LogP contribution in [-0.2, 0) is 9.53 Å². The first kappa shape index (κ1) is 16.6. The molecule has 0 aliphatic heterocycles. The van der Waals surface area contributed by atoms with Crippen LogP contribution in [0.1, 0.15) is 26.7 Å². The lowest BCUT2D eigenvalue weighted by Gasteiger charge is -2.27. The molecule has 0 aromatic rings. The molecule has 0 rings (SSSR count). The first-order valence-electron chi connectivity index (χ1n) is 5.50. The van der Waals surface area contributed by atoms with Gasteiger partial charge in [-0.05, 0) is 13.3 Å². The van der Waals surface area contributed by atoms with Gasteiger partial charge in [0.25, 0.3) is 6.43 Å². The molecule has 0 heterocycles. The van der Waals surface area contributed by atoms with Crippen molar-refractivity contribution in [3.8, 4) is 0 Å². The molecule has 0 aromatic carbocycles. The minimum absolute atomic E-state index is 0.0684. The Balaban J connectivity index is 4.13. The SMILES string of the molecule is CCC(C)(NC(=O)CCOCC(F)F)C(N)=NO. The maximum atomic E-state index is 11.8. The van der Waals surface area contributed by atoms with Gasteiger partial charge in [-0.1, -0.05) is 12.1 Å². The van der Waals surface area contributed by atoms with Gasteiger partial charge >= 0.3 is 0 Å². The summed E-state index contributed by atoms with van der Waals surface area (Å²) < 4.78 is 28.1. The fourth-order valence-electron chi connectivity index (χ4n) is 1.15. The standard InChI is InChI=1S/C10H19F2N3O3/c1-3-10(2,9(13)15-17)14-8(16)4-5-18-6-7(11)12/h7,17H,3-6H2,1-2H3,(H2,13,15)(H,14,16). The van der Waals surface area contributed by atoms with Crippen LogP contribution in [-0.4, -0.2) is 42.1 Å². The Kier molecular flexibility index (Phi) is 7.18. The van der Waals surface area contributed by atoms with Gasteiger partial charge in [0, 0.05) is 6.42 Å².